The number of benzene rings is 1. The summed E-state index contributed by atoms with van der Waals surface area (Å²) in [5.41, 5.74) is 0.663. The first-order chi connectivity index (χ1) is 8.50. The van der Waals surface area contributed by atoms with Crippen molar-refractivity contribution in [1.82, 2.24) is 5.32 Å². The molecule has 1 N–H and O–H groups in total. The minimum absolute atomic E-state index is 0.0845. The van der Waals surface area contributed by atoms with Crippen molar-refractivity contribution in [3.8, 4) is 5.75 Å². The van der Waals surface area contributed by atoms with Gasteiger partial charge in [-0.05, 0) is 24.0 Å². The van der Waals surface area contributed by atoms with E-state index >= 15 is 0 Å². The zero-order valence-corrected chi connectivity index (χ0v) is 12.7. The Kier molecular flexibility index (Phi) is 5.66. The SMILES string of the molecule is COc1ccccc1C(=O)NCC(C)(C)CCBr. The number of carbonyl (C=O) groups excluding carboxylic acids is 1. The van der Waals surface area contributed by atoms with Crippen molar-refractivity contribution in [2.24, 2.45) is 5.41 Å². The summed E-state index contributed by atoms with van der Waals surface area (Å²) in [6, 6.07) is 7.25. The number of methoxy groups -OCH3 is 1. The summed E-state index contributed by atoms with van der Waals surface area (Å²) < 4.78 is 5.18. The predicted octanol–water partition coefficient (Wildman–Crippen LogP) is 3.24. The third-order valence-corrected chi connectivity index (χ3v) is 3.25. The zero-order valence-electron chi connectivity index (χ0n) is 11.1. The lowest BCUT2D eigenvalue weighted by Gasteiger charge is -2.24. The van der Waals surface area contributed by atoms with Crippen molar-refractivity contribution in [1.29, 1.82) is 0 Å². The monoisotopic (exact) mass is 313 g/mol. The molecule has 1 aromatic rings. The van der Waals surface area contributed by atoms with Crippen LogP contribution in [0.3, 0.4) is 0 Å². The summed E-state index contributed by atoms with van der Waals surface area (Å²) in [6.45, 7) is 4.92. The largest absolute Gasteiger partial charge is 0.496 e. The Balaban J connectivity index is 2.66. The van der Waals surface area contributed by atoms with Crippen LogP contribution >= 0.6 is 15.9 Å². The van der Waals surface area contributed by atoms with E-state index in [1.807, 2.05) is 12.1 Å². The molecule has 0 aliphatic carbocycles. The molecule has 100 valence electrons. The Bertz CT molecular complexity index is 405. The second-order valence-corrected chi connectivity index (χ2v) is 5.78. The fourth-order valence-corrected chi connectivity index (χ4v) is 2.66. The number of para-hydroxylation sites is 1. The van der Waals surface area contributed by atoms with Gasteiger partial charge in [-0.15, -0.1) is 0 Å². The second-order valence-electron chi connectivity index (χ2n) is 4.99. The van der Waals surface area contributed by atoms with Gasteiger partial charge in [0.15, 0.2) is 0 Å². The summed E-state index contributed by atoms with van der Waals surface area (Å²) in [6.07, 6.45) is 1.01. The lowest BCUT2D eigenvalue weighted by atomic mass is 9.90. The van der Waals surface area contributed by atoms with Crippen LogP contribution in [0, 0.1) is 5.41 Å². The molecule has 0 bridgehead atoms. The standard InChI is InChI=1S/C14H20BrNO2/c1-14(2,8-9-15)10-16-13(17)11-6-4-5-7-12(11)18-3/h4-7H,8-10H2,1-3H3,(H,16,17). The molecule has 0 fully saturated rings. The average molecular weight is 314 g/mol. The summed E-state index contributed by atoms with van der Waals surface area (Å²) in [4.78, 5) is 12.1. The number of halogens is 1. The van der Waals surface area contributed by atoms with Crippen LogP contribution in [0.1, 0.15) is 30.6 Å². The minimum atomic E-state index is -0.0879. The first kappa shape index (κ1) is 15.0. The molecule has 1 aromatic carbocycles. The van der Waals surface area contributed by atoms with Crippen LogP contribution in [0.15, 0.2) is 24.3 Å². The number of nitrogens with one attached hydrogen (secondary N) is 1. The minimum Gasteiger partial charge on any atom is -0.496 e. The van der Waals surface area contributed by atoms with Crippen LogP contribution in [0.5, 0.6) is 5.75 Å². The average Bonchev–Trinajstić information content (AvgIpc) is 2.36. The molecule has 1 rings (SSSR count). The van der Waals surface area contributed by atoms with E-state index in [1.54, 1.807) is 19.2 Å². The third-order valence-electron chi connectivity index (χ3n) is 2.85. The van der Waals surface area contributed by atoms with Crippen molar-refractivity contribution in [2.75, 3.05) is 19.0 Å². The highest BCUT2D eigenvalue weighted by atomic mass is 79.9. The predicted molar refractivity (Wildman–Crippen MR) is 77.5 cm³/mol. The Morgan fingerprint density at radius 3 is 2.67 bits per heavy atom. The van der Waals surface area contributed by atoms with Gasteiger partial charge in [0.05, 0.1) is 12.7 Å². The fraction of sp³-hybridized carbons (Fsp3) is 0.500. The normalized spacial score (nSPS) is 11.1. The molecule has 0 unspecified atom stereocenters. The van der Waals surface area contributed by atoms with E-state index in [1.165, 1.54) is 0 Å². The number of hydrogen-bond donors (Lipinski definition) is 1. The van der Waals surface area contributed by atoms with Gasteiger partial charge < -0.3 is 10.1 Å². The van der Waals surface area contributed by atoms with Gasteiger partial charge >= 0.3 is 0 Å². The van der Waals surface area contributed by atoms with Gasteiger partial charge in [0.25, 0.3) is 5.91 Å². The molecule has 0 saturated carbocycles. The van der Waals surface area contributed by atoms with Crippen LogP contribution in [-0.4, -0.2) is 24.9 Å². The van der Waals surface area contributed by atoms with Gasteiger partial charge in [0.2, 0.25) is 0 Å². The van der Waals surface area contributed by atoms with Crippen LogP contribution in [0.2, 0.25) is 0 Å². The van der Waals surface area contributed by atoms with Crippen LogP contribution in [0.25, 0.3) is 0 Å². The van der Waals surface area contributed by atoms with Gasteiger partial charge in [-0.1, -0.05) is 41.9 Å². The number of rotatable bonds is 6. The van der Waals surface area contributed by atoms with Crippen molar-refractivity contribution >= 4 is 21.8 Å². The number of amides is 1. The molecular weight excluding hydrogens is 294 g/mol. The maximum Gasteiger partial charge on any atom is 0.255 e. The lowest BCUT2D eigenvalue weighted by Crippen LogP contribution is -2.34. The van der Waals surface area contributed by atoms with E-state index in [9.17, 15) is 4.79 Å². The van der Waals surface area contributed by atoms with Gasteiger partial charge in [-0.2, -0.15) is 0 Å². The first-order valence-corrected chi connectivity index (χ1v) is 7.09. The van der Waals surface area contributed by atoms with Gasteiger partial charge in [0, 0.05) is 11.9 Å². The van der Waals surface area contributed by atoms with Crippen molar-refractivity contribution < 1.29 is 9.53 Å². The number of alkyl halides is 1. The van der Waals surface area contributed by atoms with Crippen molar-refractivity contribution in [3.05, 3.63) is 29.8 Å². The highest BCUT2D eigenvalue weighted by Crippen LogP contribution is 2.21. The quantitative estimate of drug-likeness (QED) is 0.819. The van der Waals surface area contributed by atoms with E-state index in [0.717, 1.165) is 11.8 Å². The van der Waals surface area contributed by atoms with Crippen LogP contribution < -0.4 is 10.1 Å². The smallest absolute Gasteiger partial charge is 0.255 e. The topological polar surface area (TPSA) is 38.3 Å². The Morgan fingerprint density at radius 2 is 2.06 bits per heavy atom. The highest BCUT2D eigenvalue weighted by Gasteiger charge is 2.19. The number of hydrogen-bond acceptors (Lipinski definition) is 2. The van der Waals surface area contributed by atoms with E-state index in [-0.39, 0.29) is 11.3 Å². The molecule has 0 aliphatic heterocycles. The molecule has 4 heteroatoms. The van der Waals surface area contributed by atoms with Gasteiger partial charge in [-0.25, -0.2) is 0 Å². The van der Waals surface area contributed by atoms with E-state index in [4.69, 9.17) is 4.74 Å². The molecule has 0 aromatic heterocycles. The third kappa shape index (κ3) is 4.33. The molecule has 18 heavy (non-hydrogen) atoms. The maximum atomic E-state index is 12.1. The zero-order chi connectivity index (χ0) is 13.6. The first-order valence-electron chi connectivity index (χ1n) is 5.97. The Hall–Kier alpha value is -1.03. The van der Waals surface area contributed by atoms with Gasteiger partial charge in [0.1, 0.15) is 5.75 Å². The van der Waals surface area contributed by atoms with Crippen molar-refractivity contribution in [3.63, 3.8) is 0 Å². The molecule has 1 amide bonds. The molecule has 0 atom stereocenters. The summed E-state index contributed by atoms with van der Waals surface area (Å²) >= 11 is 3.43. The maximum absolute atomic E-state index is 12.1. The fourth-order valence-electron chi connectivity index (χ4n) is 1.59. The molecule has 0 aliphatic rings. The second kappa shape index (κ2) is 6.78. The molecule has 0 heterocycles. The summed E-state index contributed by atoms with van der Waals surface area (Å²) in [5, 5.41) is 3.89. The molecule has 0 saturated heterocycles. The lowest BCUT2D eigenvalue weighted by molar-refractivity contribution is 0.0933. The highest BCUT2D eigenvalue weighted by molar-refractivity contribution is 9.09. The Labute approximate surface area is 117 Å². The van der Waals surface area contributed by atoms with Gasteiger partial charge in [-0.3, -0.25) is 4.79 Å². The molecule has 0 radical (unpaired) electrons. The number of ether oxygens (including phenoxy) is 1. The molecular formula is C14H20BrNO2. The number of carbonyl (C=O) groups is 1. The van der Waals surface area contributed by atoms with Crippen LogP contribution in [0.4, 0.5) is 0 Å². The molecule has 3 nitrogen and oxygen atoms in total. The van der Waals surface area contributed by atoms with E-state index < -0.39 is 0 Å². The summed E-state index contributed by atoms with van der Waals surface area (Å²) in [7, 11) is 1.57. The van der Waals surface area contributed by atoms with E-state index in [2.05, 4.69) is 35.1 Å². The van der Waals surface area contributed by atoms with E-state index in [0.29, 0.717) is 17.9 Å². The van der Waals surface area contributed by atoms with Crippen molar-refractivity contribution in [2.45, 2.75) is 20.3 Å². The Morgan fingerprint density at radius 1 is 1.39 bits per heavy atom. The molecule has 0 spiro atoms. The van der Waals surface area contributed by atoms with Crippen LogP contribution in [-0.2, 0) is 0 Å². The summed E-state index contributed by atoms with van der Waals surface area (Å²) in [5.74, 6) is 0.517.